The number of carbonyl (C=O) groups is 2. The largest absolute Gasteiger partial charge is 0.491 e. The van der Waals surface area contributed by atoms with E-state index in [1.165, 1.54) is 0 Å². The number of anilines is 1. The maximum absolute atomic E-state index is 12.8. The van der Waals surface area contributed by atoms with Gasteiger partial charge in [0.2, 0.25) is 0 Å². The summed E-state index contributed by atoms with van der Waals surface area (Å²) in [5, 5.41) is 5.83. The number of rotatable bonds is 5. The molecule has 2 aromatic rings. The Hall–Kier alpha value is -2.93. The molecule has 1 aliphatic heterocycles. The van der Waals surface area contributed by atoms with E-state index in [1.807, 2.05) is 24.8 Å². The number of likely N-dealkylation sites (tertiary alicyclic amines) is 1. The number of ether oxygens (including phenoxy) is 1. The molecule has 0 atom stereocenters. The Morgan fingerprint density at radius 2 is 1.74 bits per heavy atom. The first kappa shape index (κ1) is 22.7. The second-order valence-electron chi connectivity index (χ2n) is 8.15. The van der Waals surface area contributed by atoms with E-state index in [-0.39, 0.29) is 23.0 Å². The molecule has 31 heavy (non-hydrogen) atoms. The molecule has 2 aromatic carbocycles. The number of hydrogen-bond acceptors (Lipinski definition) is 4. The molecule has 0 saturated carbocycles. The highest BCUT2D eigenvalue weighted by Crippen LogP contribution is 2.20. The van der Waals surface area contributed by atoms with Gasteiger partial charge in [-0.3, -0.25) is 14.9 Å². The summed E-state index contributed by atoms with van der Waals surface area (Å²) in [6.07, 6.45) is 2.13. The Morgan fingerprint density at radius 3 is 2.39 bits per heavy atom. The highest BCUT2D eigenvalue weighted by Gasteiger charge is 2.21. The van der Waals surface area contributed by atoms with Crippen LogP contribution in [0, 0.1) is 5.92 Å². The fourth-order valence-electron chi connectivity index (χ4n) is 3.42. The number of amides is 2. The second kappa shape index (κ2) is 10.4. The first-order valence-corrected chi connectivity index (χ1v) is 11.0. The molecule has 0 spiro atoms. The molecule has 0 aliphatic carbocycles. The smallest absolute Gasteiger partial charge is 0.257 e. The SMILES string of the molecule is CC1CCN(C(=O)c2cccc(NC(=S)NC(=O)c3ccc(OC(C)C)cc3)c2)CC1. The third-order valence-corrected chi connectivity index (χ3v) is 5.36. The Bertz CT molecular complexity index is 935. The third-order valence-electron chi connectivity index (χ3n) is 5.15. The van der Waals surface area contributed by atoms with Gasteiger partial charge >= 0.3 is 0 Å². The lowest BCUT2D eigenvalue weighted by Crippen LogP contribution is -2.38. The number of hydrogen-bond donors (Lipinski definition) is 2. The normalized spacial score (nSPS) is 14.3. The van der Waals surface area contributed by atoms with Crippen LogP contribution in [-0.4, -0.2) is 41.0 Å². The van der Waals surface area contributed by atoms with Crippen molar-refractivity contribution in [1.29, 1.82) is 0 Å². The van der Waals surface area contributed by atoms with Crippen LogP contribution < -0.4 is 15.4 Å². The fourth-order valence-corrected chi connectivity index (χ4v) is 3.63. The lowest BCUT2D eigenvalue weighted by molar-refractivity contribution is 0.0697. The third kappa shape index (κ3) is 6.52. The van der Waals surface area contributed by atoms with Crippen LogP contribution in [0.2, 0.25) is 0 Å². The average molecular weight is 440 g/mol. The molecular weight excluding hydrogens is 410 g/mol. The molecule has 0 unspecified atom stereocenters. The van der Waals surface area contributed by atoms with Crippen molar-refractivity contribution < 1.29 is 14.3 Å². The van der Waals surface area contributed by atoms with E-state index in [4.69, 9.17) is 17.0 Å². The number of nitrogens with one attached hydrogen (secondary N) is 2. The molecule has 7 heteroatoms. The predicted octanol–water partition coefficient (Wildman–Crippen LogP) is 4.47. The first-order valence-electron chi connectivity index (χ1n) is 10.6. The number of benzene rings is 2. The van der Waals surface area contributed by atoms with E-state index in [9.17, 15) is 9.59 Å². The van der Waals surface area contributed by atoms with Crippen molar-refractivity contribution in [3.05, 3.63) is 59.7 Å². The van der Waals surface area contributed by atoms with Gasteiger partial charge in [0, 0.05) is 29.9 Å². The van der Waals surface area contributed by atoms with Gasteiger partial charge in [-0.2, -0.15) is 0 Å². The quantitative estimate of drug-likeness (QED) is 0.673. The van der Waals surface area contributed by atoms with Crippen molar-refractivity contribution in [2.45, 2.75) is 39.7 Å². The van der Waals surface area contributed by atoms with Gasteiger partial charge in [-0.1, -0.05) is 13.0 Å². The first-order chi connectivity index (χ1) is 14.8. The zero-order chi connectivity index (χ0) is 22.4. The Kier molecular flexibility index (Phi) is 7.63. The van der Waals surface area contributed by atoms with Crippen LogP contribution in [0.1, 0.15) is 54.3 Å². The van der Waals surface area contributed by atoms with Crippen molar-refractivity contribution in [3.8, 4) is 5.75 Å². The highest BCUT2D eigenvalue weighted by molar-refractivity contribution is 7.80. The van der Waals surface area contributed by atoms with Gasteiger partial charge in [-0.25, -0.2) is 0 Å². The highest BCUT2D eigenvalue weighted by atomic mass is 32.1. The van der Waals surface area contributed by atoms with Gasteiger partial charge in [0.15, 0.2) is 5.11 Å². The second-order valence-corrected chi connectivity index (χ2v) is 8.56. The van der Waals surface area contributed by atoms with Gasteiger partial charge in [-0.05, 0) is 87.3 Å². The minimum atomic E-state index is -0.316. The van der Waals surface area contributed by atoms with Crippen molar-refractivity contribution >= 4 is 34.8 Å². The molecule has 3 rings (SSSR count). The summed E-state index contributed by atoms with van der Waals surface area (Å²) in [5.41, 5.74) is 1.74. The summed E-state index contributed by atoms with van der Waals surface area (Å²) in [6, 6.07) is 14.1. The minimum absolute atomic E-state index is 0.0224. The summed E-state index contributed by atoms with van der Waals surface area (Å²) >= 11 is 5.28. The van der Waals surface area contributed by atoms with Crippen molar-refractivity contribution in [1.82, 2.24) is 10.2 Å². The number of piperidine rings is 1. The molecule has 0 radical (unpaired) electrons. The minimum Gasteiger partial charge on any atom is -0.491 e. The van der Waals surface area contributed by atoms with Crippen LogP contribution in [0.25, 0.3) is 0 Å². The molecule has 2 N–H and O–H groups in total. The summed E-state index contributed by atoms with van der Waals surface area (Å²) in [5.74, 6) is 1.08. The van der Waals surface area contributed by atoms with E-state index in [2.05, 4.69) is 17.6 Å². The molecule has 0 aromatic heterocycles. The van der Waals surface area contributed by atoms with Crippen LogP contribution >= 0.6 is 12.2 Å². The lowest BCUT2D eigenvalue weighted by atomic mass is 9.98. The van der Waals surface area contributed by atoms with Crippen molar-refractivity contribution in [2.24, 2.45) is 5.92 Å². The molecule has 1 saturated heterocycles. The molecule has 6 nitrogen and oxygen atoms in total. The van der Waals surface area contributed by atoms with Crippen LogP contribution in [-0.2, 0) is 0 Å². The maximum atomic E-state index is 12.8. The Morgan fingerprint density at radius 1 is 1.06 bits per heavy atom. The number of carbonyl (C=O) groups excluding carboxylic acids is 2. The average Bonchev–Trinajstić information content (AvgIpc) is 2.74. The van der Waals surface area contributed by atoms with Gasteiger partial charge in [0.1, 0.15) is 5.75 Å². The van der Waals surface area contributed by atoms with Crippen LogP contribution in [0.5, 0.6) is 5.75 Å². The van der Waals surface area contributed by atoms with E-state index in [0.717, 1.165) is 25.9 Å². The van der Waals surface area contributed by atoms with E-state index < -0.39 is 0 Å². The maximum Gasteiger partial charge on any atom is 0.257 e. The monoisotopic (exact) mass is 439 g/mol. The zero-order valence-corrected chi connectivity index (χ0v) is 19.0. The molecule has 1 heterocycles. The van der Waals surface area contributed by atoms with Gasteiger partial charge in [-0.15, -0.1) is 0 Å². The van der Waals surface area contributed by atoms with E-state index in [1.54, 1.807) is 42.5 Å². The number of nitrogens with zero attached hydrogens (tertiary/aromatic N) is 1. The van der Waals surface area contributed by atoms with E-state index >= 15 is 0 Å². The predicted molar refractivity (Wildman–Crippen MR) is 127 cm³/mol. The summed E-state index contributed by atoms with van der Waals surface area (Å²) in [6.45, 7) is 7.68. The molecule has 164 valence electrons. The zero-order valence-electron chi connectivity index (χ0n) is 18.2. The molecular formula is C24H29N3O3S. The number of thiocarbonyl (C=S) groups is 1. The van der Waals surface area contributed by atoms with Crippen molar-refractivity contribution in [2.75, 3.05) is 18.4 Å². The summed E-state index contributed by atoms with van der Waals surface area (Å²) in [7, 11) is 0. The standard InChI is InChI=1S/C24H29N3O3S/c1-16(2)30-21-9-7-18(8-10-21)22(28)26-24(31)25-20-6-4-5-19(15-20)23(29)27-13-11-17(3)12-14-27/h4-10,15-17H,11-14H2,1-3H3,(H2,25,26,28,31). The Balaban J connectivity index is 1.57. The molecule has 1 aliphatic rings. The molecule has 1 fully saturated rings. The molecule has 0 bridgehead atoms. The van der Waals surface area contributed by atoms with Gasteiger partial charge < -0.3 is 15.0 Å². The van der Waals surface area contributed by atoms with Crippen LogP contribution in [0.4, 0.5) is 5.69 Å². The lowest BCUT2D eigenvalue weighted by Gasteiger charge is -2.30. The summed E-state index contributed by atoms with van der Waals surface area (Å²) in [4.78, 5) is 27.1. The van der Waals surface area contributed by atoms with Gasteiger partial charge in [0.25, 0.3) is 11.8 Å². The van der Waals surface area contributed by atoms with Crippen molar-refractivity contribution in [3.63, 3.8) is 0 Å². The van der Waals surface area contributed by atoms with Gasteiger partial charge in [0.05, 0.1) is 6.10 Å². The fraction of sp³-hybridized carbons (Fsp3) is 0.375. The molecule has 2 amide bonds. The topological polar surface area (TPSA) is 70.7 Å². The Labute approximate surface area is 189 Å². The van der Waals surface area contributed by atoms with E-state index in [0.29, 0.717) is 28.5 Å². The van der Waals surface area contributed by atoms with Crippen LogP contribution in [0.3, 0.4) is 0 Å². The van der Waals surface area contributed by atoms with Crippen LogP contribution in [0.15, 0.2) is 48.5 Å². The summed E-state index contributed by atoms with van der Waals surface area (Å²) < 4.78 is 5.59.